The Morgan fingerprint density at radius 1 is 1.05 bits per heavy atom. The topological polar surface area (TPSA) is 109 Å². The van der Waals surface area contributed by atoms with E-state index in [9.17, 15) is 32.3 Å². The summed E-state index contributed by atoms with van der Waals surface area (Å²) in [6, 6.07) is 16.5. The maximum Gasteiger partial charge on any atom is 0.418 e. The SMILES string of the molecule is Cc1ccccc1NC(=O)COc1ccc(Br)cc1C1c2sc(=O)[nH]c2SC2C(=O)N(c3ccccc3C(F)(F)F)C(=O)C21. The molecule has 2 N–H and O–H groups in total. The fourth-order valence-corrected chi connectivity index (χ4v) is 8.32. The molecule has 14 heteroatoms. The van der Waals surface area contributed by atoms with Crippen LogP contribution in [-0.2, 0) is 20.6 Å². The number of anilines is 2. The van der Waals surface area contributed by atoms with Crippen LogP contribution in [0.4, 0.5) is 24.5 Å². The number of carbonyl (C=O) groups is 3. The monoisotopic (exact) mass is 703 g/mol. The minimum Gasteiger partial charge on any atom is -0.483 e. The quantitative estimate of drug-likeness (QED) is 0.227. The number of halogens is 4. The van der Waals surface area contributed by atoms with Gasteiger partial charge in [-0.3, -0.25) is 19.2 Å². The van der Waals surface area contributed by atoms with E-state index in [1.807, 2.05) is 19.1 Å². The van der Waals surface area contributed by atoms with Gasteiger partial charge in [-0.25, -0.2) is 4.90 Å². The molecule has 1 saturated heterocycles. The van der Waals surface area contributed by atoms with Crippen molar-refractivity contribution in [3.05, 3.63) is 102 Å². The first-order chi connectivity index (χ1) is 20.9. The summed E-state index contributed by atoms with van der Waals surface area (Å²) in [7, 11) is 0. The highest BCUT2D eigenvalue weighted by Gasteiger charge is 2.57. The van der Waals surface area contributed by atoms with Crippen LogP contribution in [0.3, 0.4) is 0 Å². The van der Waals surface area contributed by atoms with E-state index in [1.165, 1.54) is 12.1 Å². The van der Waals surface area contributed by atoms with Crippen molar-refractivity contribution in [1.82, 2.24) is 4.98 Å². The number of thioether (sulfide) groups is 1. The largest absolute Gasteiger partial charge is 0.483 e. The molecule has 4 aromatic rings. The molecule has 44 heavy (non-hydrogen) atoms. The van der Waals surface area contributed by atoms with E-state index in [0.29, 0.717) is 30.5 Å². The minimum absolute atomic E-state index is 0.213. The van der Waals surface area contributed by atoms with Crippen molar-refractivity contribution in [2.45, 2.75) is 29.3 Å². The Kier molecular flexibility index (Phi) is 7.92. The summed E-state index contributed by atoms with van der Waals surface area (Å²) in [5.41, 5.74) is 0.185. The van der Waals surface area contributed by atoms with Crippen LogP contribution in [-0.4, -0.2) is 34.6 Å². The average molecular weight is 705 g/mol. The van der Waals surface area contributed by atoms with Crippen LogP contribution in [0.15, 0.2) is 81.0 Å². The molecule has 0 radical (unpaired) electrons. The van der Waals surface area contributed by atoms with Crippen molar-refractivity contribution in [3.63, 3.8) is 0 Å². The molecule has 8 nitrogen and oxygen atoms in total. The van der Waals surface area contributed by atoms with Crippen molar-refractivity contribution in [1.29, 1.82) is 0 Å². The van der Waals surface area contributed by atoms with Crippen molar-refractivity contribution in [2.24, 2.45) is 5.92 Å². The molecule has 226 valence electrons. The number of thiazole rings is 1. The van der Waals surface area contributed by atoms with Gasteiger partial charge in [0.2, 0.25) is 11.8 Å². The summed E-state index contributed by atoms with van der Waals surface area (Å²) in [6.45, 7) is 1.45. The van der Waals surface area contributed by atoms with Crippen molar-refractivity contribution >= 4 is 68.1 Å². The highest BCUT2D eigenvalue weighted by molar-refractivity contribution is 9.10. The third kappa shape index (κ3) is 5.46. The van der Waals surface area contributed by atoms with E-state index in [0.717, 1.165) is 40.8 Å². The maximum absolute atomic E-state index is 14.1. The summed E-state index contributed by atoms with van der Waals surface area (Å²) < 4.78 is 48.3. The molecular weight excluding hydrogens is 683 g/mol. The Morgan fingerprint density at radius 2 is 1.77 bits per heavy atom. The van der Waals surface area contributed by atoms with Crippen LogP contribution in [0.1, 0.15) is 27.5 Å². The third-order valence-corrected chi connectivity index (χ3v) is 10.3. The molecule has 6 rings (SSSR count). The molecule has 3 unspecified atom stereocenters. The maximum atomic E-state index is 14.1. The first-order valence-corrected chi connectivity index (χ1v) is 15.6. The van der Waals surface area contributed by atoms with Gasteiger partial charge in [0.15, 0.2) is 6.61 Å². The summed E-state index contributed by atoms with van der Waals surface area (Å²) in [6.07, 6.45) is -4.81. The number of carbonyl (C=O) groups excluding carboxylic acids is 3. The lowest BCUT2D eigenvalue weighted by Crippen LogP contribution is -2.33. The van der Waals surface area contributed by atoms with Gasteiger partial charge in [0, 0.05) is 26.5 Å². The number of para-hydroxylation sites is 2. The molecule has 2 aliphatic rings. The highest BCUT2D eigenvalue weighted by atomic mass is 79.9. The molecule has 0 saturated carbocycles. The van der Waals surface area contributed by atoms with Crippen LogP contribution in [0.2, 0.25) is 0 Å². The second kappa shape index (κ2) is 11.6. The standard InChI is InChI=1S/C30H21BrF3N3O5S2/c1-14-6-2-4-8-18(14)35-21(38)13-42-20-11-10-15(31)12-16(20)22-23-25(43-26-24(22)44-29(41)36-26)28(40)37(27(23)39)19-9-5-3-7-17(19)30(32,33)34/h2-12,22-23,25H,13H2,1H3,(H,35,38)(H,36,41). The van der Waals surface area contributed by atoms with E-state index >= 15 is 0 Å². The number of imide groups is 1. The number of hydrogen-bond acceptors (Lipinski definition) is 7. The Bertz CT molecular complexity index is 1870. The van der Waals surface area contributed by atoms with E-state index in [1.54, 1.807) is 30.3 Å². The van der Waals surface area contributed by atoms with Gasteiger partial charge in [-0.15, -0.1) is 0 Å². The molecule has 1 fully saturated rings. The second-order valence-corrected chi connectivity index (χ2v) is 13.2. The molecular formula is C30H21BrF3N3O5S2. The molecule has 3 heterocycles. The number of aromatic nitrogens is 1. The Balaban J connectivity index is 1.39. The van der Waals surface area contributed by atoms with E-state index in [-0.39, 0.29) is 5.75 Å². The molecule has 1 aromatic heterocycles. The number of amides is 3. The summed E-state index contributed by atoms with van der Waals surface area (Å²) in [5.74, 6) is -3.98. The van der Waals surface area contributed by atoms with Gasteiger partial charge in [-0.05, 0) is 48.9 Å². The van der Waals surface area contributed by atoms with Gasteiger partial charge in [0.05, 0.1) is 22.2 Å². The first-order valence-electron chi connectivity index (χ1n) is 13.2. The van der Waals surface area contributed by atoms with Crippen LogP contribution in [0.25, 0.3) is 0 Å². The lowest BCUT2D eigenvalue weighted by Gasteiger charge is -2.31. The third-order valence-electron chi connectivity index (χ3n) is 7.36. The number of H-pyrrole nitrogens is 1. The molecule has 0 spiro atoms. The molecule has 3 aromatic carbocycles. The summed E-state index contributed by atoms with van der Waals surface area (Å²) in [4.78, 5) is 56.4. The number of rotatable bonds is 6. The van der Waals surface area contributed by atoms with Crippen LogP contribution < -0.4 is 19.8 Å². The summed E-state index contributed by atoms with van der Waals surface area (Å²) >= 11 is 5.22. The lowest BCUT2D eigenvalue weighted by molar-refractivity contribution is -0.137. The van der Waals surface area contributed by atoms with Gasteiger partial charge in [0.1, 0.15) is 11.0 Å². The minimum atomic E-state index is -4.81. The van der Waals surface area contributed by atoms with Gasteiger partial charge >= 0.3 is 11.0 Å². The lowest BCUT2D eigenvalue weighted by atomic mass is 9.82. The molecule has 3 amide bonds. The summed E-state index contributed by atoms with van der Waals surface area (Å²) in [5, 5.41) is 2.01. The highest BCUT2D eigenvalue weighted by Crippen LogP contribution is 2.55. The number of nitrogens with one attached hydrogen (secondary N) is 2. The Labute approximate surface area is 264 Å². The fraction of sp³-hybridized carbons (Fsp3) is 0.200. The number of fused-ring (bicyclic) bond motifs is 2. The number of aromatic amines is 1. The molecule has 0 bridgehead atoms. The van der Waals surface area contributed by atoms with Gasteiger partial charge in [-0.1, -0.05) is 69.4 Å². The van der Waals surface area contributed by atoms with Crippen molar-refractivity contribution < 1.29 is 32.3 Å². The molecule has 2 aliphatic heterocycles. The zero-order valence-corrected chi connectivity index (χ0v) is 25.8. The smallest absolute Gasteiger partial charge is 0.418 e. The number of hydrogen-bond donors (Lipinski definition) is 2. The van der Waals surface area contributed by atoms with E-state index in [2.05, 4.69) is 26.2 Å². The number of alkyl halides is 3. The first kappa shape index (κ1) is 30.2. The zero-order chi connectivity index (χ0) is 31.3. The zero-order valence-electron chi connectivity index (χ0n) is 22.6. The van der Waals surface area contributed by atoms with Crippen molar-refractivity contribution in [3.8, 4) is 5.75 Å². The predicted molar refractivity (Wildman–Crippen MR) is 163 cm³/mol. The number of benzene rings is 3. The van der Waals surface area contributed by atoms with Crippen LogP contribution in [0.5, 0.6) is 5.75 Å². The molecule has 0 aliphatic carbocycles. The number of ether oxygens (including phenoxy) is 1. The predicted octanol–water partition coefficient (Wildman–Crippen LogP) is 6.34. The van der Waals surface area contributed by atoms with Gasteiger partial charge < -0.3 is 15.0 Å². The molecule has 3 atom stereocenters. The number of aryl methyl sites for hydroxylation is 1. The van der Waals surface area contributed by atoms with Crippen molar-refractivity contribution in [2.75, 3.05) is 16.8 Å². The van der Waals surface area contributed by atoms with E-state index < -0.39 is 63.7 Å². The Morgan fingerprint density at radius 3 is 2.52 bits per heavy atom. The average Bonchev–Trinajstić information content (AvgIpc) is 3.47. The van der Waals surface area contributed by atoms with Gasteiger partial charge in [0.25, 0.3) is 5.91 Å². The normalized spacial score (nSPS) is 19.5. The van der Waals surface area contributed by atoms with Gasteiger partial charge in [-0.2, -0.15) is 13.2 Å². The van der Waals surface area contributed by atoms with E-state index in [4.69, 9.17) is 4.74 Å². The fourth-order valence-electron chi connectivity index (χ4n) is 5.43. The Hall–Kier alpha value is -3.88. The number of nitrogens with zero attached hydrogens (tertiary/aromatic N) is 1. The second-order valence-electron chi connectivity index (χ2n) is 10.1. The van der Waals surface area contributed by atoms with Crippen LogP contribution in [0, 0.1) is 12.8 Å². The van der Waals surface area contributed by atoms with Crippen LogP contribution >= 0.6 is 39.0 Å².